The van der Waals surface area contributed by atoms with Crippen LogP contribution in [0.4, 0.5) is 5.69 Å². The summed E-state index contributed by atoms with van der Waals surface area (Å²) in [5.41, 5.74) is 2.18. The number of phenolic OH excluding ortho intramolecular Hbond substituents is 1. The van der Waals surface area contributed by atoms with Gasteiger partial charge in [-0.05, 0) is 54.4 Å². The summed E-state index contributed by atoms with van der Waals surface area (Å²) in [4.78, 5) is 11.3. The van der Waals surface area contributed by atoms with Crippen LogP contribution in [0, 0.1) is 18.3 Å². The molecule has 0 saturated heterocycles. The van der Waals surface area contributed by atoms with Crippen LogP contribution in [0.25, 0.3) is 0 Å². The minimum absolute atomic E-state index is 0.00196. The van der Waals surface area contributed by atoms with E-state index in [1.54, 1.807) is 37.3 Å². The number of carboxylic acids is 1. The Kier molecular flexibility index (Phi) is 4.10. The molecule has 0 aliphatic carbocycles. The van der Waals surface area contributed by atoms with Crippen molar-refractivity contribution in [2.45, 2.75) is 13.0 Å². The first-order valence-corrected chi connectivity index (χ1v) is 6.27. The van der Waals surface area contributed by atoms with Crippen molar-refractivity contribution < 1.29 is 15.0 Å². The summed E-state index contributed by atoms with van der Waals surface area (Å²) in [6.45, 7) is 1.76. The number of nitrogens with zero attached hydrogens (tertiary/aromatic N) is 1. The van der Waals surface area contributed by atoms with Crippen LogP contribution in [0.3, 0.4) is 0 Å². The number of rotatable bonds is 4. The van der Waals surface area contributed by atoms with Crippen LogP contribution in [0.15, 0.2) is 42.5 Å². The van der Waals surface area contributed by atoms with E-state index in [9.17, 15) is 15.0 Å². The summed E-state index contributed by atoms with van der Waals surface area (Å²) in [5.74, 6) is -1.30. The van der Waals surface area contributed by atoms with Crippen molar-refractivity contribution in [1.29, 1.82) is 5.26 Å². The predicted molar refractivity (Wildman–Crippen MR) is 75.4 cm³/mol. The van der Waals surface area contributed by atoms with Crippen LogP contribution >= 0.6 is 0 Å². The quantitative estimate of drug-likeness (QED) is 0.884. The molecule has 0 amide bonds. The number of carboxylic acid groups (broad SMARTS) is 1. The van der Waals surface area contributed by atoms with Crippen molar-refractivity contribution in [3.63, 3.8) is 0 Å². The largest absolute Gasteiger partial charge is 0.548 e. The standard InChI is InChI=1S/C16H14N2O3/c1-10-6-12(8-14(19)7-10)15(16(20)21)18-13-4-2-11(9-17)3-5-13/h2-8,15,18-19H,1H3,(H,20,21)/p-1. The maximum absolute atomic E-state index is 11.3. The third kappa shape index (κ3) is 3.51. The van der Waals surface area contributed by atoms with Crippen molar-refractivity contribution in [2.24, 2.45) is 0 Å². The summed E-state index contributed by atoms with van der Waals surface area (Å²) < 4.78 is 0. The molecule has 5 nitrogen and oxygen atoms in total. The Morgan fingerprint density at radius 3 is 2.48 bits per heavy atom. The molecule has 1 atom stereocenters. The van der Waals surface area contributed by atoms with Gasteiger partial charge in [0.25, 0.3) is 0 Å². The fourth-order valence-corrected chi connectivity index (χ4v) is 2.04. The zero-order valence-corrected chi connectivity index (χ0v) is 11.3. The Labute approximate surface area is 122 Å². The van der Waals surface area contributed by atoms with Gasteiger partial charge in [0.1, 0.15) is 5.75 Å². The molecule has 2 N–H and O–H groups in total. The lowest BCUT2D eigenvalue weighted by molar-refractivity contribution is -0.307. The van der Waals surface area contributed by atoms with Gasteiger partial charge in [-0.2, -0.15) is 5.26 Å². The zero-order valence-electron chi connectivity index (χ0n) is 11.3. The minimum atomic E-state index is -1.30. The van der Waals surface area contributed by atoms with E-state index in [4.69, 9.17) is 5.26 Å². The second kappa shape index (κ2) is 5.97. The van der Waals surface area contributed by atoms with E-state index in [-0.39, 0.29) is 5.75 Å². The molecule has 106 valence electrons. The molecule has 0 fully saturated rings. The molecular formula is C16H13N2O3-. The zero-order chi connectivity index (χ0) is 15.4. The highest BCUT2D eigenvalue weighted by atomic mass is 16.4. The van der Waals surface area contributed by atoms with Gasteiger partial charge in [-0.15, -0.1) is 0 Å². The number of anilines is 1. The van der Waals surface area contributed by atoms with Gasteiger partial charge < -0.3 is 20.3 Å². The summed E-state index contributed by atoms with van der Waals surface area (Å²) in [7, 11) is 0. The summed E-state index contributed by atoms with van der Waals surface area (Å²) in [6.07, 6.45) is 0. The van der Waals surface area contributed by atoms with E-state index < -0.39 is 12.0 Å². The molecule has 0 radical (unpaired) electrons. The number of hydrogen-bond acceptors (Lipinski definition) is 5. The van der Waals surface area contributed by atoms with E-state index in [1.165, 1.54) is 12.1 Å². The Balaban J connectivity index is 2.30. The Bertz CT molecular complexity index is 682. The van der Waals surface area contributed by atoms with Crippen molar-refractivity contribution in [3.8, 4) is 11.8 Å². The van der Waals surface area contributed by atoms with E-state index in [2.05, 4.69) is 5.32 Å². The Morgan fingerprint density at radius 2 is 1.95 bits per heavy atom. The van der Waals surface area contributed by atoms with Crippen molar-refractivity contribution in [1.82, 2.24) is 0 Å². The number of nitrogens with one attached hydrogen (secondary N) is 1. The molecule has 0 aliphatic heterocycles. The van der Waals surface area contributed by atoms with E-state index in [0.717, 1.165) is 5.56 Å². The van der Waals surface area contributed by atoms with Crippen LogP contribution in [0.5, 0.6) is 5.75 Å². The number of aryl methyl sites for hydroxylation is 1. The molecule has 0 aromatic heterocycles. The van der Waals surface area contributed by atoms with E-state index >= 15 is 0 Å². The first-order valence-electron chi connectivity index (χ1n) is 6.27. The van der Waals surface area contributed by atoms with Crippen LogP contribution < -0.4 is 10.4 Å². The van der Waals surface area contributed by atoms with E-state index in [1.807, 2.05) is 6.07 Å². The number of aromatic hydroxyl groups is 1. The van der Waals surface area contributed by atoms with Gasteiger partial charge in [-0.25, -0.2) is 0 Å². The lowest BCUT2D eigenvalue weighted by atomic mass is 10.0. The molecule has 5 heteroatoms. The third-order valence-corrected chi connectivity index (χ3v) is 2.98. The van der Waals surface area contributed by atoms with Gasteiger partial charge in [0.05, 0.1) is 23.6 Å². The summed E-state index contributed by atoms with van der Waals surface area (Å²) in [5, 5.41) is 32.5. The molecular weight excluding hydrogens is 268 g/mol. The highest BCUT2D eigenvalue weighted by Crippen LogP contribution is 2.24. The minimum Gasteiger partial charge on any atom is -0.548 e. The van der Waals surface area contributed by atoms with Gasteiger partial charge in [0, 0.05) is 5.69 Å². The fourth-order valence-electron chi connectivity index (χ4n) is 2.04. The number of carbonyl (C=O) groups is 1. The molecule has 0 saturated carbocycles. The summed E-state index contributed by atoms with van der Waals surface area (Å²) >= 11 is 0. The number of hydrogen-bond donors (Lipinski definition) is 2. The molecule has 21 heavy (non-hydrogen) atoms. The second-order valence-corrected chi connectivity index (χ2v) is 4.69. The van der Waals surface area contributed by atoms with Crippen LogP contribution in [0.2, 0.25) is 0 Å². The molecule has 0 spiro atoms. The molecule has 0 aliphatic rings. The van der Waals surface area contributed by atoms with Gasteiger partial charge in [0.2, 0.25) is 0 Å². The molecule has 1 unspecified atom stereocenters. The van der Waals surface area contributed by atoms with Gasteiger partial charge in [0.15, 0.2) is 0 Å². The fraction of sp³-hybridized carbons (Fsp3) is 0.125. The van der Waals surface area contributed by atoms with Crippen LogP contribution in [-0.4, -0.2) is 11.1 Å². The maximum Gasteiger partial charge on any atom is 0.116 e. The highest BCUT2D eigenvalue weighted by Gasteiger charge is 2.14. The number of phenols is 1. The van der Waals surface area contributed by atoms with Crippen molar-refractivity contribution in [2.75, 3.05) is 5.32 Å². The lowest BCUT2D eigenvalue weighted by Gasteiger charge is -2.22. The summed E-state index contributed by atoms with van der Waals surface area (Å²) in [6, 6.07) is 11.9. The predicted octanol–water partition coefficient (Wildman–Crippen LogP) is 1.48. The normalized spacial score (nSPS) is 11.4. The molecule has 2 aromatic rings. The monoisotopic (exact) mass is 281 g/mol. The number of carbonyl (C=O) groups excluding carboxylic acids is 1. The second-order valence-electron chi connectivity index (χ2n) is 4.69. The first-order chi connectivity index (χ1) is 9.99. The SMILES string of the molecule is Cc1cc(O)cc(C(Nc2ccc(C#N)cc2)C(=O)[O-])c1. The lowest BCUT2D eigenvalue weighted by Crippen LogP contribution is -2.34. The Hall–Kier alpha value is -3.00. The molecule has 2 rings (SSSR count). The Morgan fingerprint density at radius 1 is 1.29 bits per heavy atom. The number of benzene rings is 2. The number of aliphatic carboxylic acids is 1. The smallest absolute Gasteiger partial charge is 0.116 e. The average molecular weight is 281 g/mol. The first kappa shape index (κ1) is 14.4. The molecule has 2 aromatic carbocycles. The highest BCUT2D eigenvalue weighted by molar-refractivity contribution is 5.77. The third-order valence-electron chi connectivity index (χ3n) is 2.98. The van der Waals surface area contributed by atoms with Crippen molar-refractivity contribution >= 4 is 11.7 Å². The van der Waals surface area contributed by atoms with Gasteiger partial charge >= 0.3 is 0 Å². The van der Waals surface area contributed by atoms with Gasteiger partial charge in [-0.1, -0.05) is 6.07 Å². The van der Waals surface area contributed by atoms with Gasteiger partial charge in [-0.3, -0.25) is 0 Å². The van der Waals surface area contributed by atoms with Crippen LogP contribution in [-0.2, 0) is 4.79 Å². The maximum atomic E-state index is 11.3. The van der Waals surface area contributed by atoms with E-state index in [0.29, 0.717) is 16.8 Å². The van der Waals surface area contributed by atoms with Crippen LogP contribution in [0.1, 0.15) is 22.7 Å². The molecule has 0 bridgehead atoms. The molecule has 0 heterocycles. The topological polar surface area (TPSA) is 96.2 Å². The number of nitriles is 1. The average Bonchev–Trinajstić information content (AvgIpc) is 2.44. The van der Waals surface area contributed by atoms with Crippen molar-refractivity contribution in [3.05, 3.63) is 59.2 Å².